The number of amides is 1. The number of hydrogen-bond acceptors (Lipinski definition) is 4. The summed E-state index contributed by atoms with van der Waals surface area (Å²) in [7, 11) is 0. The second-order valence-corrected chi connectivity index (χ2v) is 9.74. The van der Waals surface area contributed by atoms with Crippen molar-refractivity contribution in [3.05, 3.63) is 66.0 Å². The van der Waals surface area contributed by atoms with E-state index < -0.39 is 17.1 Å². The summed E-state index contributed by atoms with van der Waals surface area (Å²) in [5.74, 6) is 0.158. The van der Waals surface area contributed by atoms with Crippen molar-refractivity contribution >= 4 is 5.91 Å². The lowest BCUT2D eigenvalue weighted by Gasteiger charge is -2.44. The van der Waals surface area contributed by atoms with Gasteiger partial charge >= 0.3 is 0 Å². The van der Waals surface area contributed by atoms with Crippen molar-refractivity contribution in [3.63, 3.8) is 0 Å². The van der Waals surface area contributed by atoms with Crippen molar-refractivity contribution in [2.75, 3.05) is 0 Å². The molecule has 1 unspecified atom stereocenters. The molecule has 1 aromatic heterocycles. The monoisotopic (exact) mass is 409 g/mol. The van der Waals surface area contributed by atoms with Gasteiger partial charge in [0.05, 0.1) is 24.0 Å². The molecule has 5 nitrogen and oxygen atoms in total. The van der Waals surface area contributed by atoms with Gasteiger partial charge in [0.2, 0.25) is 5.91 Å². The van der Waals surface area contributed by atoms with Gasteiger partial charge < -0.3 is 10.0 Å². The second-order valence-electron chi connectivity index (χ2n) is 9.74. The van der Waals surface area contributed by atoms with E-state index in [4.69, 9.17) is 0 Å². The maximum Gasteiger partial charge on any atom is 0.244 e. The predicted octanol–water partition coefficient (Wildman–Crippen LogP) is 3.77. The quantitative estimate of drug-likeness (QED) is 0.731. The third-order valence-electron chi connectivity index (χ3n) is 6.31. The van der Waals surface area contributed by atoms with E-state index in [9.17, 15) is 9.90 Å². The molecule has 2 N–H and O–H groups in total. The Morgan fingerprint density at radius 3 is 2.33 bits per heavy atom. The highest BCUT2D eigenvalue weighted by molar-refractivity contribution is 5.86. The van der Waals surface area contributed by atoms with E-state index in [-0.39, 0.29) is 18.0 Å². The van der Waals surface area contributed by atoms with Gasteiger partial charge in [0.25, 0.3) is 0 Å². The number of nitrogens with one attached hydrogen (secondary N) is 1. The average Bonchev–Trinajstić information content (AvgIpc) is 3.04. The molecule has 1 saturated heterocycles. The van der Waals surface area contributed by atoms with Gasteiger partial charge in [-0.25, -0.2) is 0 Å². The highest BCUT2D eigenvalue weighted by Crippen LogP contribution is 2.40. The molecule has 1 fully saturated rings. The molecule has 0 radical (unpaired) electrons. The van der Waals surface area contributed by atoms with Crippen LogP contribution in [0.25, 0.3) is 0 Å². The molecule has 1 amide bonds. The standard InChI is InChI=1S/C25H35N3O2/c1-18(2)22-27-21(23(29)28(22)17-20-13-9-10-16-26-20)25(30,24(3,4)5)15-14-19-11-7-6-8-12-19/h6-13,16,18,21-22,27,30H,14-15,17H2,1-5H3/t21-,22?,25+/m1/s1. The van der Waals surface area contributed by atoms with Crippen molar-refractivity contribution in [1.29, 1.82) is 0 Å². The molecule has 162 valence electrons. The number of carbonyl (C=O) groups is 1. The van der Waals surface area contributed by atoms with E-state index in [1.54, 1.807) is 6.20 Å². The lowest BCUT2D eigenvalue weighted by atomic mass is 9.69. The van der Waals surface area contributed by atoms with E-state index in [1.807, 2.05) is 62.1 Å². The lowest BCUT2D eigenvalue weighted by molar-refractivity contribution is -0.143. The molecule has 0 saturated carbocycles. The van der Waals surface area contributed by atoms with E-state index in [2.05, 4.69) is 36.3 Å². The Labute approximate surface area is 180 Å². The summed E-state index contributed by atoms with van der Waals surface area (Å²) in [5.41, 5.74) is 0.350. The highest BCUT2D eigenvalue weighted by Gasteiger charge is 2.55. The number of rotatable bonds is 7. The molecule has 1 aliphatic heterocycles. The number of pyridine rings is 1. The van der Waals surface area contributed by atoms with Gasteiger partial charge in [0.15, 0.2) is 0 Å². The number of aliphatic hydroxyl groups is 1. The summed E-state index contributed by atoms with van der Waals surface area (Å²) >= 11 is 0. The van der Waals surface area contributed by atoms with E-state index in [0.717, 1.165) is 11.3 Å². The molecule has 1 aromatic carbocycles. The minimum absolute atomic E-state index is 0.0511. The number of benzene rings is 1. The molecular weight excluding hydrogens is 374 g/mol. The van der Waals surface area contributed by atoms with Crippen LogP contribution in [0, 0.1) is 11.3 Å². The molecule has 0 spiro atoms. The van der Waals surface area contributed by atoms with Crippen molar-refractivity contribution in [1.82, 2.24) is 15.2 Å². The molecule has 5 heteroatoms. The molecular formula is C25H35N3O2. The smallest absolute Gasteiger partial charge is 0.244 e. The fourth-order valence-electron chi connectivity index (χ4n) is 4.30. The van der Waals surface area contributed by atoms with Gasteiger partial charge in [-0.05, 0) is 41.9 Å². The fourth-order valence-corrected chi connectivity index (χ4v) is 4.30. The van der Waals surface area contributed by atoms with Crippen molar-refractivity contribution < 1.29 is 9.90 Å². The van der Waals surface area contributed by atoms with Gasteiger partial charge in [0.1, 0.15) is 6.04 Å². The molecule has 3 rings (SSSR count). The molecule has 30 heavy (non-hydrogen) atoms. The second kappa shape index (κ2) is 8.86. The first-order valence-corrected chi connectivity index (χ1v) is 10.9. The van der Waals surface area contributed by atoms with Crippen molar-refractivity contribution in [2.45, 2.75) is 71.8 Å². The van der Waals surface area contributed by atoms with Gasteiger partial charge in [-0.2, -0.15) is 0 Å². The Kier molecular flexibility index (Phi) is 6.63. The van der Waals surface area contributed by atoms with Gasteiger partial charge in [-0.15, -0.1) is 0 Å². The number of carbonyl (C=O) groups excluding carboxylic acids is 1. The predicted molar refractivity (Wildman–Crippen MR) is 120 cm³/mol. The van der Waals surface area contributed by atoms with E-state index >= 15 is 0 Å². The van der Waals surface area contributed by atoms with Crippen LogP contribution in [0.3, 0.4) is 0 Å². The lowest BCUT2D eigenvalue weighted by Crippen LogP contribution is -2.60. The Balaban J connectivity index is 1.88. The Hall–Kier alpha value is -2.24. The van der Waals surface area contributed by atoms with Crippen molar-refractivity contribution in [3.8, 4) is 0 Å². The van der Waals surface area contributed by atoms with Gasteiger partial charge in [-0.3, -0.25) is 15.1 Å². The summed E-state index contributed by atoms with van der Waals surface area (Å²) in [6.45, 7) is 10.7. The molecule has 3 atom stereocenters. The first-order valence-electron chi connectivity index (χ1n) is 10.9. The van der Waals surface area contributed by atoms with Crippen LogP contribution in [-0.4, -0.2) is 38.7 Å². The van der Waals surface area contributed by atoms with E-state index in [1.165, 1.54) is 0 Å². The van der Waals surface area contributed by atoms with Crippen LogP contribution in [-0.2, 0) is 17.8 Å². The Bertz CT molecular complexity index is 832. The third-order valence-corrected chi connectivity index (χ3v) is 6.31. The van der Waals surface area contributed by atoms with Gasteiger partial charge in [-0.1, -0.05) is 71.0 Å². The average molecular weight is 410 g/mol. The normalized spacial score (nSPS) is 21.8. The highest BCUT2D eigenvalue weighted by atomic mass is 16.3. The third kappa shape index (κ3) is 4.57. The van der Waals surface area contributed by atoms with Crippen LogP contribution in [0.4, 0.5) is 0 Å². The summed E-state index contributed by atoms with van der Waals surface area (Å²) < 4.78 is 0. The van der Waals surface area contributed by atoms with Crippen LogP contribution in [0.1, 0.15) is 52.3 Å². The molecule has 2 aromatic rings. The summed E-state index contributed by atoms with van der Waals surface area (Å²) in [5, 5.41) is 15.4. The fraction of sp³-hybridized carbons (Fsp3) is 0.520. The van der Waals surface area contributed by atoms with Crippen LogP contribution in [0.5, 0.6) is 0 Å². The largest absolute Gasteiger partial charge is 0.387 e. The number of nitrogens with zero attached hydrogens (tertiary/aromatic N) is 2. The maximum absolute atomic E-state index is 13.6. The zero-order chi connectivity index (χ0) is 21.9. The summed E-state index contributed by atoms with van der Waals surface area (Å²) in [6.07, 6.45) is 2.82. The summed E-state index contributed by atoms with van der Waals surface area (Å²) in [4.78, 5) is 19.8. The van der Waals surface area contributed by atoms with E-state index in [0.29, 0.717) is 19.4 Å². The number of aromatic nitrogens is 1. The van der Waals surface area contributed by atoms with Crippen molar-refractivity contribution in [2.24, 2.45) is 11.3 Å². The zero-order valence-electron chi connectivity index (χ0n) is 18.8. The van der Waals surface area contributed by atoms with Gasteiger partial charge in [0, 0.05) is 6.20 Å². The van der Waals surface area contributed by atoms with Crippen LogP contribution in [0.2, 0.25) is 0 Å². The Morgan fingerprint density at radius 1 is 1.10 bits per heavy atom. The molecule has 0 bridgehead atoms. The first kappa shape index (κ1) is 22.4. The summed E-state index contributed by atoms with van der Waals surface area (Å²) in [6, 6.07) is 15.2. The maximum atomic E-state index is 13.6. The van der Waals surface area contributed by atoms with Crippen LogP contribution in [0.15, 0.2) is 54.7 Å². The first-order chi connectivity index (χ1) is 14.1. The zero-order valence-corrected chi connectivity index (χ0v) is 18.8. The molecule has 1 aliphatic rings. The minimum Gasteiger partial charge on any atom is -0.387 e. The topological polar surface area (TPSA) is 65.5 Å². The van der Waals surface area contributed by atoms with Crippen LogP contribution >= 0.6 is 0 Å². The Morgan fingerprint density at radius 2 is 1.77 bits per heavy atom. The van der Waals surface area contributed by atoms with Crippen LogP contribution < -0.4 is 5.32 Å². The molecule has 0 aliphatic carbocycles. The molecule has 2 heterocycles. The SMILES string of the molecule is CC(C)C1N[C@@H]([C@@](O)(CCc2ccccc2)C(C)(C)C)C(=O)N1Cc1ccccn1. The number of hydrogen-bond donors (Lipinski definition) is 2. The minimum atomic E-state index is -1.19. The number of aryl methyl sites for hydroxylation is 1.